The second kappa shape index (κ2) is 41.7. The molecule has 2 aliphatic carbocycles. The first-order valence-corrected chi connectivity index (χ1v) is 32.6. The van der Waals surface area contributed by atoms with Crippen LogP contribution in [-0.2, 0) is 57.2 Å². The molecule has 0 aromatic rings. The van der Waals surface area contributed by atoms with Crippen molar-refractivity contribution in [2.75, 3.05) is 39.4 Å². The third kappa shape index (κ3) is 40.7. The summed E-state index contributed by atoms with van der Waals surface area (Å²) in [5.74, 6) is -5.46. The predicted octanol–water partition coefficient (Wildman–Crippen LogP) is 9.14. The zero-order valence-electron chi connectivity index (χ0n) is 54.0. The Hall–Kier alpha value is -4.93. The van der Waals surface area contributed by atoms with Crippen molar-refractivity contribution in [3.8, 4) is 0 Å². The number of nitrogens with two attached hydrogens (primary N) is 1. The zero-order valence-corrected chi connectivity index (χ0v) is 58.5. The number of carboxylic acid groups (broad SMARTS) is 1. The highest BCUT2D eigenvalue weighted by molar-refractivity contribution is 6.68. The van der Waals surface area contributed by atoms with Crippen molar-refractivity contribution in [1.29, 1.82) is 0 Å². The summed E-state index contributed by atoms with van der Waals surface area (Å²) in [7, 11) is 0. The number of rotatable bonds is 21. The Morgan fingerprint density at radius 1 is 0.571 bits per heavy atom. The molecule has 91 heavy (non-hydrogen) atoms. The van der Waals surface area contributed by atoms with Crippen molar-refractivity contribution >= 4 is 123 Å². The minimum atomic E-state index is -1.76. The zero-order chi connectivity index (χ0) is 69.3. The molecule has 8 N–H and O–H groups in total. The topological polar surface area (TPSA) is 401 Å². The number of esters is 3. The lowest BCUT2D eigenvalue weighted by molar-refractivity contribution is -0.725. The number of hydrogen-bond donors (Lipinski definition) is 7. The molecule has 35 heteroatoms. The molecule has 2 saturated carbocycles. The maximum Gasteiger partial charge on any atom is 0.408 e. The van der Waals surface area contributed by atoms with E-state index >= 15 is 0 Å². The van der Waals surface area contributed by atoms with Gasteiger partial charge in [0.1, 0.15) is 60.2 Å². The summed E-state index contributed by atoms with van der Waals surface area (Å²) in [6, 6.07) is -2.57. The van der Waals surface area contributed by atoms with Crippen LogP contribution in [0.2, 0.25) is 0 Å². The van der Waals surface area contributed by atoms with E-state index < -0.39 is 121 Å². The van der Waals surface area contributed by atoms with Crippen molar-refractivity contribution in [3.63, 3.8) is 0 Å². The van der Waals surface area contributed by atoms with Gasteiger partial charge in [-0.25, -0.2) is 20.4 Å². The molecule has 29 nitrogen and oxygen atoms in total. The van der Waals surface area contributed by atoms with Gasteiger partial charge in [-0.05, 0) is 177 Å². The Morgan fingerprint density at radius 2 is 0.956 bits per heavy atom. The van der Waals surface area contributed by atoms with Gasteiger partial charge >= 0.3 is 36.1 Å². The van der Waals surface area contributed by atoms with Gasteiger partial charge in [0.05, 0.1) is 24.4 Å². The third-order valence-corrected chi connectivity index (χ3v) is 14.0. The van der Waals surface area contributed by atoms with Gasteiger partial charge in [0.15, 0.2) is 0 Å². The molecule has 0 radical (unpaired) electrons. The molecule has 5 amide bonds. The third-order valence-electron chi connectivity index (χ3n) is 13.3. The SMILES string of the molecule is C1CCC([NH2+]C2CCCCC2)CC1.CC(C)(C)OC(=O)C[C@@H](CCN=[N+]=[N-])C(=O)O.C[C@H](NC(=O)OC(C)(C)C)C(=O)N1CCC[C@@H](C(=O)OCC(Cl)(Cl)Cl)N1.C[C@H](NC(=O)[C@H](CCN=[N+]=[N-])NC(=O)OC(C)(C)C)C(=O)N1CCC[C@@H](C(=O)OCC(Cl)(Cl)Cl)N1. The minimum Gasteiger partial charge on any atom is -0.481 e. The number of aliphatic carboxylic acids is 1. The van der Waals surface area contributed by atoms with Crippen LogP contribution in [0.5, 0.6) is 0 Å². The molecule has 2 aliphatic heterocycles. The van der Waals surface area contributed by atoms with E-state index in [0.29, 0.717) is 32.2 Å². The van der Waals surface area contributed by atoms with E-state index in [2.05, 4.69) is 52.2 Å². The highest BCUT2D eigenvalue weighted by Crippen LogP contribution is 2.28. The Balaban J connectivity index is 0.000000646. The summed E-state index contributed by atoms with van der Waals surface area (Å²) in [5, 5.41) is 28.1. The van der Waals surface area contributed by atoms with Gasteiger partial charge < -0.3 is 50.1 Å². The fourth-order valence-corrected chi connectivity index (χ4v) is 9.60. The number of carboxylic acids is 1. The lowest BCUT2D eigenvalue weighted by Crippen LogP contribution is -2.95. The number of amides is 5. The van der Waals surface area contributed by atoms with Crippen LogP contribution >= 0.6 is 69.6 Å². The van der Waals surface area contributed by atoms with Crippen molar-refractivity contribution in [2.24, 2.45) is 16.1 Å². The molecule has 2 saturated heterocycles. The average Bonchev–Trinajstić information content (AvgIpc) is 3.54. The number of azide groups is 2. The number of ether oxygens (including phenoxy) is 5. The summed E-state index contributed by atoms with van der Waals surface area (Å²) in [6.45, 7) is 18.1. The van der Waals surface area contributed by atoms with E-state index in [1.165, 1.54) is 88.1 Å². The molecule has 4 rings (SSSR count). The number of carbonyl (C=O) groups is 9. The van der Waals surface area contributed by atoms with Gasteiger partial charge in [-0.1, -0.05) is 92.7 Å². The molecular formula is C56H95Cl6N14O15+. The van der Waals surface area contributed by atoms with Crippen LogP contribution in [0.25, 0.3) is 20.9 Å². The molecule has 0 unspecified atom stereocenters. The van der Waals surface area contributed by atoms with E-state index in [0.717, 1.165) is 12.1 Å². The molecule has 6 atom stereocenters. The van der Waals surface area contributed by atoms with Gasteiger partial charge in [-0.15, -0.1) is 0 Å². The quantitative estimate of drug-likeness (QED) is 0.0141. The minimum absolute atomic E-state index is 0.0187. The molecule has 0 spiro atoms. The first kappa shape index (κ1) is 84.1. The van der Waals surface area contributed by atoms with Crippen molar-refractivity contribution < 1.29 is 77.3 Å². The van der Waals surface area contributed by atoms with Crippen LogP contribution in [0, 0.1) is 5.92 Å². The van der Waals surface area contributed by atoms with Crippen LogP contribution < -0.4 is 32.1 Å². The van der Waals surface area contributed by atoms with Crippen LogP contribution in [0.4, 0.5) is 9.59 Å². The van der Waals surface area contributed by atoms with Crippen LogP contribution in [0.3, 0.4) is 0 Å². The van der Waals surface area contributed by atoms with E-state index in [9.17, 15) is 43.2 Å². The highest BCUT2D eigenvalue weighted by Gasteiger charge is 2.36. The summed E-state index contributed by atoms with van der Waals surface area (Å²) < 4.78 is 21.7. The maximum atomic E-state index is 12.9. The van der Waals surface area contributed by atoms with Gasteiger partial charge in [0, 0.05) is 36.0 Å². The molecule has 0 aromatic carbocycles. The number of nitrogens with zero attached hydrogens (tertiary/aromatic N) is 8. The number of carbonyl (C=O) groups excluding carboxylic acids is 8. The maximum absolute atomic E-state index is 12.9. The van der Waals surface area contributed by atoms with E-state index in [4.69, 9.17) is 109 Å². The molecule has 0 bridgehead atoms. The van der Waals surface area contributed by atoms with Crippen LogP contribution in [0.1, 0.15) is 185 Å². The molecule has 2 heterocycles. The Kier molecular flexibility index (Phi) is 38.5. The summed E-state index contributed by atoms with van der Waals surface area (Å²) in [4.78, 5) is 114. The van der Waals surface area contributed by atoms with Gasteiger partial charge in [-0.2, -0.15) is 0 Å². The molecule has 4 fully saturated rings. The Morgan fingerprint density at radius 3 is 1.33 bits per heavy atom. The van der Waals surface area contributed by atoms with Crippen molar-refractivity contribution in [1.82, 2.24) is 36.8 Å². The van der Waals surface area contributed by atoms with Gasteiger partial charge in [0.25, 0.3) is 11.8 Å². The number of alkyl halides is 6. The largest absolute Gasteiger partial charge is 0.481 e. The average molecular weight is 1420 g/mol. The molecule has 4 aliphatic rings. The summed E-state index contributed by atoms with van der Waals surface area (Å²) in [5.41, 5.74) is 20.0. The molecular weight excluding hydrogens is 1320 g/mol. The Bertz CT molecular complexity index is 2420. The lowest BCUT2D eigenvalue weighted by Gasteiger charge is -2.34. The monoisotopic (exact) mass is 1410 g/mol. The fraction of sp³-hybridized carbons (Fsp3) is 0.839. The summed E-state index contributed by atoms with van der Waals surface area (Å²) >= 11 is 33.4. The number of halogens is 6. The normalized spacial score (nSPS) is 18.7. The first-order chi connectivity index (χ1) is 42.1. The molecule has 520 valence electrons. The number of hydrogen-bond acceptors (Lipinski definition) is 18. The van der Waals surface area contributed by atoms with Gasteiger partial charge in [-0.3, -0.25) is 43.6 Å². The van der Waals surface area contributed by atoms with Crippen LogP contribution in [0.15, 0.2) is 10.2 Å². The van der Waals surface area contributed by atoms with Crippen molar-refractivity contribution in [2.45, 2.75) is 252 Å². The predicted molar refractivity (Wildman–Crippen MR) is 342 cm³/mol. The highest BCUT2D eigenvalue weighted by atomic mass is 35.6. The fourth-order valence-electron chi connectivity index (χ4n) is 9.27. The van der Waals surface area contributed by atoms with Crippen LogP contribution in [-0.4, -0.2) is 175 Å². The Labute approximate surface area is 562 Å². The van der Waals surface area contributed by atoms with E-state index in [-0.39, 0.29) is 45.5 Å². The lowest BCUT2D eigenvalue weighted by atomic mass is 9.91. The smallest absolute Gasteiger partial charge is 0.408 e. The standard InChI is InChI=1S/C19H30Cl3N7O6.C15H24Cl3N3O5.C12H23N.C10H17N3O4/c1-11(15(31)29-9-5-6-13(27-29)16(32)34-10-19(20,21)22)25-14(30)12(7-8-24-28-23)26-17(33)35-18(2,3)4;1-9(19-13(24)26-14(2,3)4)11(22)21-7-5-6-10(20-21)12(23)25-8-15(16,17)18;1-3-7-11(8-4-1)13-12-9-5-2-6-10-12;1-10(2,3)17-8(14)6-7(9(15)16)4-5-12-13-11/h11-13,27H,5-10H2,1-4H3,(H,25,30)(H,26,33);9-10,20H,5-8H2,1-4H3,(H,19,24);11-13H,1-10H2;7H,4-6H2,1-3H3,(H,15,16)/p+1/t11-,12-,13-;9-,10-;;7-/m00.1/s1. The van der Waals surface area contributed by atoms with E-state index in [1.807, 2.05) is 0 Å². The second-order valence-electron chi connectivity index (χ2n) is 25.2. The van der Waals surface area contributed by atoms with Crippen molar-refractivity contribution in [3.05, 3.63) is 20.9 Å². The number of nitrogens with one attached hydrogen (secondary N) is 5. The summed E-state index contributed by atoms with van der Waals surface area (Å²) in [6.07, 6.45) is 15.2. The number of alkyl carbamates (subject to hydrolysis) is 2. The van der Waals surface area contributed by atoms with E-state index in [1.54, 1.807) is 62.3 Å². The molecule has 0 aromatic heterocycles. The number of quaternary nitrogens is 1. The van der Waals surface area contributed by atoms with Gasteiger partial charge in [0.2, 0.25) is 13.5 Å². The number of hydrazine groups is 2. The second-order valence-corrected chi connectivity index (χ2v) is 30.2. The first-order valence-electron chi connectivity index (χ1n) is 30.3.